The van der Waals surface area contributed by atoms with Gasteiger partial charge in [0.1, 0.15) is 0 Å². The van der Waals surface area contributed by atoms with Crippen LogP contribution >= 0.6 is 24.0 Å². The zero-order valence-corrected chi connectivity index (χ0v) is 18.9. The third kappa shape index (κ3) is 3.94. The molecule has 0 saturated carbocycles. The van der Waals surface area contributed by atoms with E-state index in [9.17, 15) is 9.59 Å². The van der Waals surface area contributed by atoms with Gasteiger partial charge in [-0.05, 0) is 74.9 Å². The highest BCUT2D eigenvalue weighted by Crippen LogP contribution is 2.37. The standard InChI is InChI=1S/C24H20N2O3S2/c1-14-4-8-20(9-5-14)26-22(27)21(31-24(26)30)13-18-12-15(2)25(16(18)3)19-10-6-17(7-11-19)23(28)29/h4-13H,1-3H3,(H,28,29)/b21-13-. The van der Waals surface area contributed by atoms with Gasteiger partial charge in [0.2, 0.25) is 0 Å². The molecule has 0 spiro atoms. The number of carboxylic acids is 1. The Balaban J connectivity index is 1.67. The van der Waals surface area contributed by atoms with E-state index in [4.69, 9.17) is 17.3 Å². The molecule has 1 fully saturated rings. The van der Waals surface area contributed by atoms with Crippen molar-refractivity contribution in [3.8, 4) is 5.69 Å². The van der Waals surface area contributed by atoms with E-state index in [-0.39, 0.29) is 11.5 Å². The minimum absolute atomic E-state index is 0.130. The van der Waals surface area contributed by atoms with Gasteiger partial charge in [-0.2, -0.15) is 0 Å². The van der Waals surface area contributed by atoms with E-state index in [0.29, 0.717) is 9.23 Å². The van der Waals surface area contributed by atoms with Gasteiger partial charge in [0.25, 0.3) is 5.91 Å². The van der Waals surface area contributed by atoms with E-state index in [1.54, 1.807) is 29.2 Å². The number of hydrogen-bond acceptors (Lipinski definition) is 4. The molecule has 2 heterocycles. The minimum Gasteiger partial charge on any atom is -0.478 e. The lowest BCUT2D eigenvalue weighted by molar-refractivity contribution is -0.113. The number of benzene rings is 2. The van der Waals surface area contributed by atoms with E-state index in [2.05, 4.69) is 0 Å². The molecule has 5 nitrogen and oxygen atoms in total. The van der Waals surface area contributed by atoms with Crippen LogP contribution in [0.1, 0.15) is 32.9 Å². The van der Waals surface area contributed by atoms with Crippen LogP contribution in [0.15, 0.2) is 59.5 Å². The molecular formula is C24H20N2O3S2. The third-order valence-corrected chi connectivity index (χ3v) is 6.52. The summed E-state index contributed by atoms with van der Waals surface area (Å²) in [4.78, 5) is 26.3. The highest BCUT2D eigenvalue weighted by Gasteiger charge is 2.33. The molecule has 1 aromatic heterocycles. The number of hydrogen-bond donors (Lipinski definition) is 1. The summed E-state index contributed by atoms with van der Waals surface area (Å²) in [5, 5.41) is 9.12. The van der Waals surface area contributed by atoms with Crippen LogP contribution in [0.4, 0.5) is 5.69 Å². The molecule has 1 saturated heterocycles. The number of aromatic carboxylic acids is 1. The summed E-state index contributed by atoms with van der Waals surface area (Å²) in [7, 11) is 0. The van der Waals surface area contributed by atoms with E-state index in [0.717, 1.165) is 33.9 Å². The van der Waals surface area contributed by atoms with Crippen molar-refractivity contribution in [2.24, 2.45) is 0 Å². The predicted octanol–water partition coefficient (Wildman–Crippen LogP) is 5.51. The van der Waals surface area contributed by atoms with Crippen LogP contribution in [0.3, 0.4) is 0 Å². The number of carbonyl (C=O) groups excluding carboxylic acids is 1. The summed E-state index contributed by atoms with van der Waals surface area (Å²) in [6.45, 7) is 5.95. The molecule has 3 aromatic rings. The fourth-order valence-corrected chi connectivity index (χ4v) is 4.90. The maximum atomic E-state index is 13.1. The molecule has 1 aliphatic heterocycles. The van der Waals surface area contributed by atoms with E-state index in [1.807, 2.05) is 61.7 Å². The Morgan fingerprint density at radius 2 is 1.61 bits per heavy atom. The molecule has 0 unspecified atom stereocenters. The normalized spacial score (nSPS) is 15.2. The molecule has 1 amide bonds. The first-order chi connectivity index (χ1) is 14.8. The fraction of sp³-hybridized carbons (Fsp3) is 0.125. The summed E-state index contributed by atoms with van der Waals surface area (Å²) < 4.78 is 2.55. The summed E-state index contributed by atoms with van der Waals surface area (Å²) >= 11 is 6.77. The molecule has 0 radical (unpaired) electrons. The number of amides is 1. The number of aryl methyl sites for hydroxylation is 2. The van der Waals surface area contributed by atoms with Crippen LogP contribution in [-0.4, -0.2) is 25.9 Å². The van der Waals surface area contributed by atoms with Crippen molar-refractivity contribution in [1.29, 1.82) is 0 Å². The lowest BCUT2D eigenvalue weighted by Crippen LogP contribution is -2.27. The summed E-state index contributed by atoms with van der Waals surface area (Å²) in [5.74, 6) is -1.08. The quantitative estimate of drug-likeness (QED) is 0.421. The second-order valence-corrected chi connectivity index (χ2v) is 9.04. The second-order valence-electron chi connectivity index (χ2n) is 7.37. The Kier molecular flexibility index (Phi) is 5.56. The van der Waals surface area contributed by atoms with Crippen molar-refractivity contribution >= 4 is 51.9 Å². The van der Waals surface area contributed by atoms with Crippen LogP contribution in [0.25, 0.3) is 11.8 Å². The lowest BCUT2D eigenvalue weighted by atomic mass is 10.2. The van der Waals surface area contributed by atoms with Crippen LogP contribution in [0.5, 0.6) is 0 Å². The van der Waals surface area contributed by atoms with Crippen LogP contribution < -0.4 is 4.90 Å². The number of carbonyl (C=O) groups is 2. The summed E-state index contributed by atoms with van der Waals surface area (Å²) in [5.41, 5.74) is 5.86. The number of nitrogens with zero attached hydrogens (tertiary/aromatic N) is 2. The van der Waals surface area contributed by atoms with Crippen molar-refractivity contribution < 1.29 is 14.7 Å². The van der Waals surface area contributed by atoms with Gasteiger partial charge in [-0.15, -0.1) is 0 Å². The van der Waals surface area contributed by atoms with E-state index >= 15 is 0 Å². The highest BCUT2D eigenvalue weighted by molar-refractivity contribution is 8.27. The van der Waals surface area contributed by atoms with Crippen LogP contribution in [-0.2, 0) is 4.79 Å². The Morgan fingerprint density at radius 3 is 2.23 bits per heavy atom. The Labute approximate surface area is 190 Å². The third-order valence-electron chi connectivity index (χ3n) is 5.22. The molecule has 1 aliphatic rings. The van der Waals surface area contributed by atoms with Crippen molar-refractivity contribution in [2.75, 3.05) is 4.90 Å². The molecule has 4 rings (SSSR count). The van der Waals surface area contributed by atoms with Crippen molar-refractivity contribution in [3.63, 3.8) is 0 Å². The van der Waals surface area contributed by atoms with Gasteiger partial charge in [-0.3, -0.25) is 9.69 Å². The molecule has 1 N–H and O–H groups in total. The zero-order chi connectivity index (χ0) is 22.3. The predicted molar refractivity (Wildman–Crippen MR) is 129 cm³/mol. The Hall–Kier alpha value is -3.16. The molecule has 0 bridgehead atoms. The summed E-state index contributed by atoms with van der Waals surface area (Å²) in [6, 6.07) is 16.5. The molecular weight excluding hydrogens is 428 g/mol. The highest BCUT2D eigenvalue weighted by atomic mass is 32.2. The molecule has 7 heteroatoms. The second kappa shape index (κ2) is 8.17. The van der Waals surface area contributed by atoms with Gasteiger partial charge in [0, 0.05) is 17.1 Å². The first-order valence-corrected chi connectivity index (χ1v) is 10.9. The van der Waals surface area contributed by atoms with Crippen LogP contribution in [0, 0.1) is 20.8 Å². The van der Waals surface area contributed by atoms with E-state index < -0.39 is 5.97 Å². The first kappa shape index (κ1) is 21.1. The maximum absolute atomic E-state index is 13.1. The number of thiocarbonyl (C=S) groups is 1. The number of thioether (sulfide) groups is 1. The number of aromatic nitrogens is 1. The molecule has 31 heavy (non-hydrogen) atoms. The van der Waals surface area contributed by atoms with Crippen molar-refractivity contribution in [2.45, 2.75) is 20.8 Å². The van der Waals surface area contributed by atoms with Gasteiger partial charge in [-0.1, -0.05) is 41.7 Å². The largest absolute Gasteiger partial charge is 0.478 e. The van der Waals surface area contributed by atoms with Crippen molar-refractivity contribution in [1.82, 2.24) is 4.57 Å². The molecule has 0 atom stereocenters. The van der Waals surface area contributed by atoms with Gasteiger partial charge in [0.05, 0.1) is 16.2 Å². The van der Waals surface area contributed by atoms with Gasteiger partial charge in [0.15, 0.2) is 4.32 Å². The van der Waals surface area contributed by atoms with Gasteiger partial charge < -0.3 is 9.67 Å². The van der Waals surface area contributed by atoms with Crippen LogP contribution in [0.2, 0.25) is 0 Å². The number of rotatable bonds is 4. The monoisotopic (exact) mass is 448 g/mol. The Morgan fingerprint density at radius 1 is 1.00 bits per heavy atom. The maximum Gasteiger partial charge on any atom is 0.335 e. The first-order valence-electron chi connectivity index (χ1n) is 9.63. The minimum atomic E-state index is -0.955. The number of anilines is 1. The molecule has 0 aliphatic carbocycles. The van der Waals surface area contributed by atoms with Gasteiger partial charge in [-0.25, -0.2) is 4.79 Å². The zero-order valence-electron chi connectivity index (χ0n) is 17.2. The van der Waals surface area contributed by atoms with Crippen molar-refractivity contribution in [3.05, 3.63) is 87.6 Å². The topological polar surface area (TPSA) is 62.5 Å². The Bertz CT molecular complexity index is 1240. The summed E-state index contributed by atoms with van der Waals surface area (Å²) in [6.07, 6.45) is 1.87. The SMILES string of the molecule is Cc1ccc(N2C(=O)/C(=C/c3cc(C)n(-c4ccc(C(=O)O)cc4)c3C)SC2=S)cc1. The fourth-order valence-electron chi connectivity index (χ4n) is 3.61. The van der Waals surface area contributed by atoms with E-state index in [1.165, 1.54) is 11.8 Å². The average Bonchev–Trinajstić information content (AvgIpc) is 3.17. The molecule has 2 aromatic carbocycles. The average molecular weight is 449 g/mol. The number of carboxylic acid groups (broad SMARTS) is 1. The lowest BCUT2D eigenvalue weighted by Gasteiger charge is -2.14. The van der Waals surface area contributed by atoms with Gasteiger partial charge >= 0.3 is 5.97 Å². The molecule has 156 valence electrons. The smallest absolute Gasteiger partial charge is 0.335 e.